The van der Waals surface area contributed by atoms with Gasteiger partial charge in [0, 0.05) is 25.1 Å². The highest BCUT2D eigenvalue weighted by Crippen LogP contribution is 2.07. The summed E-state index contributed by atoms with van der Waals surface area (Å²) in [4.78, 5) is 23.3. The Morgan fingerprint density at radius 2 is 1.80 bits per heavy atom. The van der Waals surface area contributed by atoms with E-state index in [1.807, 2.05) is 19.1 Å². The lowest BCUT2D eigenvalue weighted by Gasteiger charge is -2.26. The number of hydrogen-bond acceptors (Lipinski definition) is 3. The summed E-state index contributed by atoms with van der Waals surface area (Å²) in [5.41, 5.74) is 1.77. The van der Waals surface area contributed by atoms with Crippen LogP contribution in [0.4, 0.5) is 0 Å². The number of carbonyl (C=O) groups excluding carboxylic acids is 2. The van der Waals surface area contributed by atoms with Crippen molar-refractivity contribution in [2.24, 2.45) is 5.92 Å². The molecule has 0 radical (unpaired) electrons. The van der Waals surface area contributed by atoms with Crippen LogP contribution in [0.3, 0.4) is 0 Å². The summed E-state index contributed by atoms with van der Waals surface area (Å²) in [5, 5.41) is 8.74. The molecule has 1 heterocycles. The highest BCUT2D eigenvalue weighted by molar-refractivity contribution is 5.94. The summed E-state index contributed by atoms with van der Waals surface area (Å²) < 4.78 is 0. The third-order valence-electron chi connectivity index (χ3n) is 3.39. The summed E-state index contributed by atoms with van der Waals surface area (Å²) in [6.45, 7) is 4.75. The maximum atomic E-state index is 11.8. The summed E-state index contributed by atoms with van der Waals surface area (Å²) in [6.07, 6.45) is 0.568. The summed E-state index contributed by atoms with van der Waals surface area (Å²) in [6, 6.07) is 7.41. The molecule has 1 aliphatic heterocycles. The Morgan fingerprint density at radius 3 is 2.40 bits per heavy atom. The Balaban J connectivity index is 1.61. The quantitative estimate of drug-likeness (QED) is 0.660. The van der Waals surface area contributed by atoms with Gasteiger partial charge in [0.05, 0.1) is 0 Å². The average Bonchev–Trinajstić information content (AvgIpc) is 2.39. The predicted molar refractivity (Wildman–Crippen MR) is 77.5 cm³/mol. The predicted octanol–water partition coefficient (Wildman–Crippen LogP) is 0.451. The van der Waals surface area contributed by atoms with Gasteiger partial charge < -0.3 is 16.0 Å². The Bertz CT molecular complexity index is 467. The van der Waals surface area contributed by atoms with Crippen molar-refractivity contribution < 1.29 is 9.59 Å². The minimum Gasteiger partial charge on any atom is -0.354 e. The number of amides is 2. The molecule has 2 rings (SSSR count). The van der Waals surface area contributed by atoms with E-state index in [2.05, 4.69) is 16.0 Å². The first-order chi connectivity index (χ1) is 9.65. The first-order valence-corrected chi connectivity index (χ1v) is 6.97. The van der Waals surface area contributed by atoms with Crippen LogP contribution in [0, 0.1) is 12.8 Å². The number of hydrogen-bond donors (Lipinski definition) is 3. The van der Waals surface area contributed by atoms with Crippen LogP contribution in [0.1, 0.15) is 22.3 Å². The fraction of sp³-hybridized carbons (Fsp3) is 0.467. The minimum atomic E-state index is -0.109. The maximum Gasteiger partial charge on any atom is 0.251 e. The SMILES string of the molecule is Cc1ccc(C(=O)NCCNC(=O)CC2CNC2)cc1. The van der Waals surface area contributed by atoms with Crippen molar-refractivity contribution >= 4 is 11.8 Å². The number of carbonyl (C=O) groups is 2. The second-order valence-corrected chi connectivity index (χ2v) is 5.20. The minimum absolute atomic E-state index is 0.0566. The van der Waals surface area contributed by atoms with E-state index >= 15 is 0 Å². The third-order valence-corrected chi connectivity index (χ3v) is 3.39. The maximum absolute atomic E-state index is 11.8. The van der Waals surface area contributed by atoms with Gasteiger partial charge >= 0.3 is 0 Å². The van der Waals surface area contributed by atoms with E-state index in [1.165, 1.54) is 0 Å². The molecule has 0 atom stereocenters. The van der Waals surface area contributed by atoms with Crippen LogP contribution >= 0.6 is 0 Å². The molecule has 2 amide bonds. The van der Waals surface area contributed by atoms with E-state index in [0.29, 0.717) is 31.0 Å². The third kappa shape index (κ3) is 4.35. The van der Waals surface area contributed by atoms with E-state index in [9.17, 15) is 9.59 Å². The molecule has 0 aromatic heterocycles. The molecule has 5 nitrogen and oxygen atoms in total. The molecule has 0 saturated carbocycles. The van der Waals surface area contributed by atoms with Gasteiger partial charge in [0.2, 0.25) is 5.91 Å². The summed E-state index contributed by atoms with van der Waals surface area (Å²) >= 11 is 0. The molecule has 0 bridgehead atoms. The Morgan fingerprint density at radius 1 is 1.15 bits per heavy atom. The normalized spacial score (nSPS) is 14.4. The van der Waals surface area contributed by atoms with Gasteiger partial charge in [-0.05, 0) is 38.1 Å². The smallest absolute Gasteiger partial charge is 0.251 e. The Labute approximate surface area is 119 Å². The topological polar surface area (TPSA) is 70.2 Å². The van der Waals surface area contributed by atoms with Crippen molar-refractivity contribution in [3.63, 3.8) is 0 Å². The average molecular weight is 275 g/mol. The second kappa shape index (κ2) is 7.05. The summed E-state index contributed by atoms with van der Waals surface area (Å²) in [7, 11) is 0. The van der Waals surface area contributed by atoms with Crippen molar-refractivity contribution in [2.75, 3.05) is 26.2 Å². The van der Waals surface area contributed by atoms with Crippen molar-refractivity contribution in [3.05, 3.63) is 35.4 Å². The highest BCUT2D eigenvalue weighted by atomic mass is 16.2. The molecular formula is C15H21N3O2. The van der Waals surface area contributed by atoms with E-state index in [0.717, 1.165) is 18.7 Å². The van der Waals surface area contributed by atoms with Crippen molar-refractivity contribution in [1.29, 1.82) is 0 Å². The molecule has 1 aromatic rings. The molecule has 1 saturated heterocycles. The van der Waals surface area contributed by atoms with Crippen LogP contribution < -0.4 is 16.0 Å². The van der Waals surface area contributed by atoms with Gasteiger partial charge in [-0.15, -0.1) is 0 Å². The standard InChI is InChI=1S/C15H21N3O2/c1-11-2-4-13(5-3-11)15(20)18-7-6-17-14(19)8-12-9-16-10-12/h2-5,12,16H,6-10H2,1H3,(H,17,19)(H,18,20). The van der Waals surface area contributed by atoms with Gasteiger partial charge in [-0.1, -0.05) is 17.7 Å². The zero-order valence-electron chi connectivity index (χ0n) is 11.7. The zero-order valence-corrected chi connectivity index (χ0v) is 11.7. The lowest BCUT2D eigenvalue weighted by molar-refractivity contribution is -0.122. The molecule has 0 aliphatic carbocycles. The van der Waals surface area contributed by atoms with E-state index < -0.39 is 0 Å². The Kier molecular flexibility index (Phi) is 5.12. The molecule has 1 aromatic carbocycles. The van der Waals surface area contributed by atoms with E-state index in [-0.39, 0.29) is 11.8 Å². The largest absolute Gasteiger partial charge is 0.354 e. The monoisotopic (exact) mass is 275 g/mol. The van der Waals surface area contributed by atoms with Crippen LogP contribution in [-0.2, 0) is 4.79 Å². The van der Waals surface area contributed by atoms with Crippen LogP contribution in [0.25, 0.3) is 0 Å². The molecule has 108 valence electrons. The van der Waals surface area contributed by atoms with Crippen molar-refractivity contribution in [2.45, 2.75) is 13.3 Å². The van der Waals surface area contributed by atoms with Crippen molar-refractivity contribution in [1.82, 2.24) is 16.0 Å². The van der Waals surface area contributed by atoms with Crippen LogP contribution in [-0.4, -0.2) is 38.0 Å². The first kappa shape index (κ1) is 14.5. The van der Waals surface area contributed by atoms with Gasteiger partial charge in [-0.25, -0.2) is 0 Å². The van der Waals surface area contributed by atoms with Gasteiger partial charge in [0.1, 0.15) is 0 Å². The fourth-order valence-electron chi connectivity index (χ4n) is 2.01. The zero-order chi connectivity index (χ0) is 14.4. The lowest BCUT2D eigenvalue weighted by Crippen LogP contribution is -2.45. The molecule has 3 N–H and O–H groups in total. The van der Waals surface area contributed by atoms with Crippen LogP contribution in [0.5, 0.6) is 0 Å². The molecule has 1 aliphatic rings. The van der Waals surface area contributed by atoms with Crippen molar-refractivity contribution in [3.8, 4) is 0 Å². The van der Waals surface area contributed by atoms with Crippen LogP contribution in [0.2, 0.25) is 0 Å². The van der Waals surface area contributed by atoms with Gasteiger partial charge in [-0.3, -0.25) is 9.59 Å². The van der Waals surface area contributed by atoms with Gasteiger partial charge in [0.15, 0.2) is 0 Å². The molecule has 0 unspecified atom stereocenters. The molecule has 0 spiro atoms. The lowest BCUT2D eigenvalue weighted by atomic mass is 9.99. The fourth-order valence-corrected chi connectivity index (χ4v) is 2.01. The van der Waals surface area contributed by atoms with Crippen LogP contribution in [0.15, 0.2) is 24.3 Å². The number of nitrogens with one attached hydrogen (secondary N) is 3. The second-order valence-electron chi connectivity index (χ2n) is 5.20. The Hall–Kier alpha value is -1.88. The summed E-state index contributed by atoms with van der Waals surface area (Å²) in [5.74, 6) is 0.417. The van der Waals surface area contributed by atoms with Gasteiger partial charge in [-0.2, -0.15) is 0 Å². The number of rotatable bonds is 6. The molecular weight excluding hydrogens is 254 g/mol. The van der Waals surface area contributed by atoms with E-state index in [4.69, 9.17) is 0 Å². The highest BCUT2D eigenvalue weighted by Gasteiger charge is 2.19. The number of benzene rings is 1. The number of aryl methyl sites for hydroxylation is 1. The van der Waals surface area contributed by atoms with E-state index in [1.54, 1.807) is 12.1 Å². The molecule has 20 heavy (non-hydrogen) atoms. The van der Waals surface area contributed by atoms with Gasteiger partial charge in [0.25, 0.3) is 5.91 Å². The molecule has 1 fully saturated rings. The first-order valence-electron chi connectivity index (χ1n) is 6.97. The molecule has 5 heteroatoms.